The summed E-state index contributed by atoms with van der Waals surface area (Å²) in [5.74, 6) is -0.859. The lowest BCUT2D eigenvalue weighted by molar-refractivity contribution is -0.116. The molecule has 0 radical (unpaired) electrons. The van der Waals surface area contributed by atoms with Gasteiger partial charge in [-0.15, -0.1) is 0 Å². The number of nitrogens with one attached hydrogen (secondary N) is 1. The molecule has 0 atom stereocenters. The van der Waals surface area contributed by atoms with Crippen molar-refractivity contribution in [2.75, 3.05) is 25.5 Å². The summed E-state index contributed by atoms with van der Waals surface area (Å²) >= 11 is 0. The average molecular weight is 254 g/mol. The van der Waals surface area contributed by atoms with E-state index in [1.165, 1.54) is 25.2 Å². The highest BCUT2D eigenvalue weighted by molar-refractivity contribution is 5.93. The Morgan fingerprint density at radius 1 is 1.44 bits per heavy atom. The van der Waals surface area contributed by atoms with Gasteiger partial charge >= 0.3 is 6.09 Å². The van der Waals surface area contributed by atoms with Crippen molar-refractivity contribution in [2.45, 2.75) is 6.92 Å². The van der Waals surface area contributed by atoms with Gasteiger partial charge in [0.25, 0.3) is 0 Å². The van der Waals surface area contributed by atoms with Crippen LogP contribution in [-0.4, -0.2) is 37.1 Å². The van der Waals surface area contributed by atoms with Crippen LogP contribution in [0.1, 0.15) is 6.92 Å². The van der Waals surface area contributed by atoms with Gasteiger partial charge in [0.15, 0.2) is 0 Å². The van der Waals surface area contributed by atoms with Crippen LogP contribution in [0.4, 0.5) is 14.9 Å². The minimum Gasteiger partial charge on any atom is -0.450 e. The highest BCUT2D eigenvalue weighted by atomic mass is 19.1. The molecule has 0 aliphatic rings. The molecule has 0 fully saturated rings. The van der Waals surface area contributed by atoms with E-state index in [0.717, 1.165) is 4.90 Å². The first-order valence-electron chi connectivity index (χ1n) is 5.46. The Morgan fingerprint density at radius 3 is 2.78 bits per heavy atom. The lowest BCUT2D eigenvalue weighted by Crippen LogP contribution is -2.35. The third kappa shape index (κ3) is 4.40. The Labute approximate surface area is 105 Å². The molecular weight excluding hydrogens is 239 g/mol. The van der Waals surface area contributed by atoms with Gasteiger partial charge in [-0.05, 0) is 25.1 Å². The van der Waals surface area contributed by atoms with Gasteiger partial charge in [0, 0.05) is 12.7 Å². The Bertz CT molecular complexity index is 437. The van der Waals surface area contributed by atoms with E-state index in [4.69, 9.17) is 4.74 Å². The smallest absolute Gasteiger partial charge is 0.409 e. The van der Waals surface area contributed by atoms with Crippen LogP contribution in [0.15, 0.2) is 24.3 Å². The predicted molar refractivity (Wildman–Crippen MR) is 64.7 cm³/mol. The number of anilines is 1. The average Bonchev–Trinajstić information content (AvgIpc) is 2.28. The first-order chi connectivity index (χ1) is 8.52. The van der Waals surface area contributed by atoms with Crippen LogP contribution >= 0.6 is 0 Å². The summed E-state index contributed by atoms with van der Waals surface area (Å²) in [5.41, 5.74) is 0.345. The maximum Gasteiger partial charge on any atom is 0.409 e. The van der Waals surface area contributed by atoms with Crippen molar-refractivity contribution in [1.82, 2.24) is 4.90 Å². The van der Waals surface area contributed by atoms with E-state index in [1.807, 2.05) is 0 Å². The van der Waals surface area contributed by atoms with E-state index in [0.29, 0.717) is 5.69 Å². The van der Waals surface area contributed by atoms with Gasteiger partial charge in [0.2, 0.25) is 5.91 Å². The second kappa shape index (κ2) is 6.58. The molecule has 0 aliphatic heterocycles. The zero-order chi connectivity index (χ0) is 13.5. The van der Waals surface area contributed by atoms with Crippen LogP contribution in [0.5, 0.6) is 0 Å². The lowest BCUT2D eigenvalue weighted by atomic mass is 10.3. The van der Waals surface area contributed by atoms with Gasteiger partial charge in [-0.1, -0.05) is 6.07 Å². The summed E-state index contributed by atoms with van der Waals surface area (Å²) in [5, 5.41) is 2.48. The predicted octanol–water partition coefficient (Wildman–Crippen LogP) is 1.85. The fraction of sp³-hybridized carbons (Fsp3) is 0.333. The highest BCUT2D eigenvalue weighted by Crippen LogP contribution is 2.08. The van der Waals surface area contributed by atoms with Crippen molar-refractivity contribution >= 4 is 17.7 Å². The molecule has 18 heavy (non-hydrogen) atoms. The number of ether oxygens (including phenoxy) is 1. The molecule has 0 aliphatic carbocycles. The molecule has 2 amide bonds. The van der Waals surface area contributed by atoms with Crippen LogP contribution in [-0.2, 0) is 9.53 Å². The van der Waals surface area contributed by atoms with Crippen LogP contribution in [0.2, 0.25) is 0 Å². The van der Waals surface area contributed by atoms with Crippen molar-refractivity contribution in [2.24, 2.45) is 0 Å². The zero-order valence-electron chi connectivity index (χ0n) is 10.3. The first kappa shape index (κ1) is 14.0. The highest BCUT2D eigenvalue weighted by Gasteiger charge is 2.13. The Morgan fingerprint density at radius 2 is 2.17 bits per heavy atom. The maximum atomic E-state index is 12.9. The number of carbonyl (C=O) groups is 2. The number of nitrogens with zero attached hydrogens (tertiary/aromatic N) is 1. The van der Waals surface area contributed by atoms with Crippen LogP contribution < -0.4 is 5.32 Å². The SMILES string of the molecule is CCOC(=O)N(C)CC(=O)Nc1cccc(F)c1. The van der Waals surface area contributed by atoms with Crippen molar-refractivity contribution in [3.8, 4) is 0 Å². The molecule has 0 spiro atoms. The number of halogens is 1. The van der Waals surface area contributed by atoms with Crippen molar-refractivity contribution in [3.05, 3.63) is 30.1 Å². The van der Waals surface area contributed by atoms with Crippen molar-refractivity contribution in [3.63, 3.8) is 0 Å². The fourth-order valence-corrected chi connectivity index (χ4v) is 1.28. The zero-order valence-corrected chi connectivity index (χ0v) is 10.3. The molecule has 0 saturated heterocycles. The number of rotatable bonds is 4. The standard InChI is InChI=1S/C12H15FN2O3/c1-3-18-12(17)15(2)8-11(16)14-10-6-4-5-9(13)7-10/h4-7H,3,8H2,1-2H3,(H,14,16). The third-order valence-electron chi connectivity index (χ3n) is 2.07. The quantitative estimate of drug-likeness (QED) is 0.892. The van der Waals surface area contributed by atoms with E-state index in [-0.39, 0.29) is 13.2 Å². The van der Waals surface area contributed by atoms with Gasteiger partial charge in [-0.3, -0.25) is 4.79 Å². The van der Waals surface area contributed by atoms with Gasteiger partial charge in [-0.25, -0.2) is 9.18 Å². The minimum atomic E-state index is -0.577. The van der Waals surface area contributed by atoms with Crippen LogP contribution in [0, 0.1) is 5.82 Å². The number of carbonyl (C=O) groups excluding carboxylic acids is 2. The van der Waals surface area contributed by atoms with Gasteiger partial charge in [0.1, 0.15) is 12.4 Å². The molecule has 0 aromatic heterocycles. The normalized spacial score (nSPS) is 9.72. The molecule has 98 valence electrons. The second-order valence-corrected chi connectivity index (χ2v) is 3.61. The van der Waals surface area contributed by atoms with Crippen LogP contribution in [0.3, 0.4) is 0 Å². The second-order valence-electron chi connectivity index (χ2n) is 3.61. The van der Waals surface area contributed by atoms with Gasteiger partial charge in [0.05, 0.1) is 6.61 Å². The van der Waals surface area contributed by atoms with Crippen molar-refractivity contribution in [1.29, 1.82) is 0 Å². The Hall–Kier alpha value is -2.11. The minimum absolute atomic E-state index is 0.157. The summed E-state index contributed by atoms with van der Waals surface area (Å²) in [6, 6.07) is 5.52. The molecule has 0 bridgehead atoms. The molecule has 5 nitrogen and oxygen atoms in total. The third-order valence-corrected chi connectivity index (χ3v) is 2.07. The van der Waals surface area contributed by atoms with E-state index in [2.05, 4.69) is 5.32 Å². The van der Waals surface area contributed by atoms with E-state index >= 15 is 0 Å². The molecule has 0 saturated carbocycles. The summed E-state index contributed by atoms with van der Waals surface area (Å²) < 4.78 is 17.6. The Balaban J connectivity index is 2.49. The fourth-order valence-electron chi connectivity index (χ4n) is 1.28. The van der Waals surface area contributed by atoms with Gasteiger partial charge < -0.3 is 15.0 Å². The summed E-state index contributed by atoms with van der Waals surface area (Å²) in [6.45, 7) is 1.77. The van der Waals surface area contributed by atoms with Gasteiger partial charge in [-0.2, -0.15) is 0 Å². The molecule has 1 aromatic rings. The van der Waals surface area contributed by atoms with Crippen molar-refractivity contribution < 1.29 is 18.7 Å². The van der Waals surface area contributed by atoms with E-state index in [9.17, 15) is 14.0 Å². The number of amides is 2. The number of hydrogen-bond donors (Lipinski definition) is 1. The maximum absolute atomic E-state index is 12.9. The number of hydrogen-bond acceptors (Lipinski definition) is 3. The number of likely N-dealkylation sites (N-methyl/N-ethyl adjacent to an activating group) is 1. The molecule has 1 rings (SSSR count). The Kier molecular flexibility index (Phi) is 5.10. The lowest BCUT2D eigenvalue weighted by Gasteiger charge is -2.15. The molecule has 6 heteroatoms. The van der Waals surface area contributed by atoms with E-state index in [1.54, 1.807) is 13.0 Å². The molecule has 1 N–H and O–H groups in total. The molecular formula is C12H15FN2O3. The summed E-state index contributed by atoms with van der Waals surface area (Å²) in [6.07, 6.45) is -0.577. The number of benzene rings is 1. The largest absolute Gasteiger partial charge is 0.450 e. The summed E-state index contributed by atoms with van der Waals surface area (Å²) in [7, 11) is 1.45. The summed E-state index contributed by atoms with van der Waals surface area (Å²) in [4.78, 5) is 23.9. The molecule has 0 heterocycles. The topological polar surface area (TPSA) is 58.6 Å². The monoisotopic (exact) mass is 254 g/mol. The van der Waals surface area contributed by atoms with Crippen LogP contribution in [0.25, 0.3) is 0 Å². The van der Waals surface area contributed by atoms with E-state index < -0.39 is 17.8 Å². The molecule has 0 unspecified atom stereocenters. The first-order valence-corrected chi connectivity index (χ1v) is 5.46. The molecule has 1 aromatic carbocycles.